The van der Waals surface area contributed by atoms with Crippen LogP contribution in [-0.4, -0.2) is 53.2 Å². The Kier molecular flexibility index (Phi) is 4.94. The van der Waals surface area contributed by atoms with Crippen LogP contribution in [0.4, 0.5) is 0 Å². The van der Waals surface area contributed by atoms with Gasteiger partial charge in [-0.15, -0.1) is 0 Å². The molecule has 2 aliphatic heterocycles. The second-order valence-electron chi connectivity index (χ2n) is 6.67. The van der Waals surface area contributed by atoms with E-state index in [-0.39, 0.29) is 0 Å². The summed E-state index contributed by atoms with van der Waals surface area (Å²) in [5.41, 5.74) is 2.86. The van der Waals surface area contributed by atoms with Crippen molar-refractivity contribution in [3.8, 4) is 0 Å². The summed E-state index contributed by atoms with van der Waals surface area (Å²) in [6, 6.07) is 9.81. The van der Waals surface area contributed by atoms with Crippen LogP contribution >= 0.6 is 0 Å². The highest BCUT2D eigenvalue weighted by Gasteiger charge is 2.31. The van der Waals surface area contributed by atoms with E-state index in [2.05, 4.69) is 41.0 Å². The minimum Gasteiger partial charge on any atom is -0.395 e. The topological polar surface area (TPSA) is 26.7 Å². The summed E-state index contributed by atoms with van der Waals surface area (Å²) in [5, 5.41) is 9.49. The van der Waals surface area contributed by atoms with Gasteiger partial charge < -0.3 is 5.11 Å². The number of benzene rings is 1. The van der Waals surface area contributed by atoms with Gasteiger partial charge in [0, 0.05) is 25.2 Å². The van der Waals surface area contributed by atoms with Crippen molar-refractivity contribution in [3.63, 3.8) is 0 Å². The van der Waals surface area contributed by atoms with Crippen molar-refractivity contribution in [2.24, 2.45) is 0 Å². The molecule has 2 fully saturated rings. The number of hydrogen-bond acceptors (Lipinski definition) is 3. The Hall–Kier alpha value is -0.900. The maximum Gasteiger partial charge on any atom is 0.0586 e. The summed E-state index contributed by atoms with van der Waals surface area (Å²) in [4.78, 5) is 5.16. The normalized spacial score (nSPS) is 27.5. The van der Waals surface area contributed by atoms with Crippen LogP contribution in [0.25, 0.3) is 0 Å². The quantitative estimate of drug-likeness (QED) is 0.901. The van der Waals surface area contributed by atoms with Crippen molar-refractivity contribution in [3.05, 3.63) is 35.4 Å². The number of nitrogens with zero attached hydrogens (tertiary/aromatic N) is 2. The molecule has 2 saturated heterocycles. The number of aryl methyl sites for hydroxylation is 1. The Morgan fingerprint density at radius 1 is 1.05 bits per heavy atom. The number of likely N-dealkylation sites (tertiary alicyclic amines) is 2. The Balaban J connectivity index is 1.62. The first-order valence-electron chi connectivity index (χ1n) is 8.41. The van der Waals surface area contributed by atoms with E-state index in [0.717, 1.165) is 13.1 Å². The van der Waals surface area contributed by atoms with Crippen LogP contribution in [0.2, 0.25) is 0 Å². The van der Waals surface area contributed by atoms with E-state index in [0.29, 0.717) is 18.7 Å². The molecule has 2 unspecified atom stereocenters. The highest BCUT2D eigenvalue weighted by Crippen LogP contribution is 2.25. The third kappa shape index (κ3) is 3.47. The molecule has 0 radical (unpaired) electrons. The van der Waals surface area contributed by atoms with Crippen LogP contribution in [0, 0.1) is 6.92 Å². The number of aliphatic hydroxyl groups is 1. The standard InChI is InChI=1S/C18H28N2O/c1-15-6-2-3-7-16(15)12-19-10-4-8-17(19)13-20-11-5-9-18(20)14-21/h2-3,6-7,17-18,21H,4-5,8-14H2,1H3. The van der Waals surface area contributed by atoms with Gasteiger partial charge in [-0.25, -0.2) is 0 Å². The van der Waals surface area contributed by atoms with Crippen LogP contribution in [-0.2, 0) is 6.54 Å². The predicted molar refractivity (Wildman–Crippen MR) is 86.3 cm³/mol. The summed E-state index contributed by atoms with van der Waals surface area (Å²) >= 11 is 0. The highest BCUT2D eigenvalue weighted by atomic mass is 16.3. The number of hydrogen-bond donors (Lipinski definition) is 1. The average molecular weight is 288 g/mol. The van der Waals surface area contributed by atoms with Crippen molar-refractivity contribution in [1.29, 1.82) is 0 Å². The van der Waals surface area contributed by atoms with Gasteiger partial charge in [0.2, 0.25) is 0 Å². The Morgan fingerprint density at radius 3 is 2.52 bits per heavy atom. The van der Waals surface area contributed by atoms with Gasteiger partial charge in [0.25, 0.3) is 0 Å². The molecule has 3 heteroatoms. The molecule has 0 amide bonds. The minimum atomic E-state index is 0.324. The third-order valence-corrected chi connectivity index (χ3v) is 5.29. The first-order chi connectivity index (χ1) is 10.3. The van der Waals surface area contributed by atoms with Gasteiger partial charge in [0.15, 0.2) is 0 Å². The molecular weight excluding hydrogens is 260 g/mol. The van der Waals surface area contributed by atoms with Crippen molar-refractivity contribution >= 4 is 0 Å². The van der Waals surface area contributed by atoms with Crippen LogP contribution in [0.3, 0.4) is 0 Å². The average Bonchev–Trinajstić information content (AvgIpc) is 3.11. The van der Waals surface area contributed by atoms with Gasteiger partial charge in [0.05, 0.1) is 6.61 Å². The molecule has 1 aromatic rings. The molecule has 0 bridgehead atoms. The largest absolute Gasteiger partial charge is 0.395 e. The van der Waals surface area contributed by atoms with Crippen molar-refractivity contribution in [1.82, 2.24) is 9.80 Å². The molecule has 0 saturated carbocycles. The second kappa shape index (κ2) is 6.91. The fraction of sp³-hybridized carbons (Fsp3) is 0.667. The van der Waals surface area contributed by atoms with E-state index in [9.17, 15) is 5.11 Å². The number of aliphatic hydroxyl groups excluding tert-OH is 1. The molecule has 2 heterocycles. The molecule has 1 N–H and O–H groups in total. The SMILES string of the molecule is Cc1ccccc1CN1CCCC1CN1CCCC1CO. The van der Waals surface area contributed by atoms with Crippen LogP contribution in [0.15, 0.2) is 24.3 Å². The lowest BCUT2D eigenvalue weighted by molar-refractivity contribution is 0.120. The minimum absolute atomic E-state index is 0.324. The van der Waals surface area contributed by atoms with Crippen molar-refractivity contribution in [2.75, 3.05) is 26.2 Å². The lowest BCUT2D eigenvalue weighted by Crippen LogP contribution is -2.43. The zero-order valence-corrected chi connectivity index (χ0v) is 13.2. The van der Waals surface area contributed by atoms with Crippen LogP contribution in [0.5, 0.6) is 0 Å². The van der Waals surface area contributed by atoms with Crippen LogP contribution in [0.1, 0.15) is 36.8 Å². The molecule has 1 aromatic carbocycles. The zero-order chi connectivity index (χ0) is 14.7. The molecule has 3 nitrogen and oxygen atoms in total. The first-order valence-corrected chi connectivity index (χ1v) is 8.41. The van der Waals surface area contributed by atoms with Gasteiger partial charge >= 0.3 is 0 Å². The maximum absolute atomic E-state index is 9.49. The molecule has 0 aliphatic carbocycles. The van der Waals surface area contributed by atoms with Gasteiger partial charge in [-0.1, -0.05) is 24.3 Å². The number of rotatable bonds is 5. The van der Waals surface area contributed by atoms with E-state index in [1.807, 2.05) is 0 Å². The molecule has 21 heavy (non-hydrogen) atoms. The summed E-state index contributed by atoms with van der Waals surface area (Å²) in [6.07, 6.45) is 5.03. The second-order valence-corrected chi connectivity index (χ2v) is 6.67. The van der Waals surface area contributed by atoms with Gasteiger partial charge in [-0.2, -0.15) is 0 Å². The van der Waals surface area contributed by atoms with Crippen molar-refractivity contribution < 1.29 is 5.11 Å². The lowest BCUT2D eigenvalue weighted by atomic mass is 10.1. The van der Waals surface area contributed by atoms with E-state index < -0.39 is 0 Å². The molecule has 3 rings (SSSR count). The predicted octanol–water partition coefficient (Wildman–Crippen LogP) is 2.42. The Morgan fingerprint density at radius 2 is 1.76 bits per heavy atom. The smallest absolute Gasteiger partial charge is 0.0586 e. The van der Waals surface area contributed by atoms with Crippen LogP contribution < -0.4 is 0 Å². The van der Waals surface area contributed by atoms with E-state index in [1.54, 1.807) is 0 Å². The maximum atomic E-state index is 9.49. The van der Waals surface area contributed by atoms with E-state index in [4.69, 9.17) is 0 Å². The zero-order valence-electron chi connectivity index (χ0n) is 13.2. The fourth-order valence-electron chi connectivity index (χ4n) is 3.93. The van der Waals surface area contributed by atoms with E-state index >= 15 is 0 Å². The summed E-state index contributed by atoms with van der Waals surface area (Å²) in [6.45, 7) is 7.13. The molecule has 0 aromatic heterocycles. The first kappa shape index (κ1) is 15.0. The Bertz CT molecular complexity index is 462. The third-order valence-electron chi connectivity index (χ3n) is 5.29. The molecule has 2 aliphatic rings. The van der Waals surface area contributed by atoms with Gasteiger partial charge in [-0.05, 0) is 56.8 Å². The highest BCUT2D eigenvalue weighted by molar-refractivity contribution is 5.25. The van der Waals surface area contributed by atoms with E-state index in [1.165, 1.54) is 49.9 Å². The Labute approximate surface area is 128 Å². The molecule has 116 valence electrons. The summed E-state index contributed by atoms with van der Waals surface area (Å²) in [5.74, 6) is 0. The van der Waals surface area contributed by atoms with Gasteiger partial charge in [0.1, 0.15) is 0 Å². The molecule has 0 spiro atoms. The monoisotopic (exact) mass is 288 g/mol. The molecular formula is C18H28N2O. The molecule has 2 atom stereocenters. The summed E-state index contributed by atoms with van der Waals surface area (Å²) in [7, 11) is 0. The summed E-state index contributed by atoms with van der Waals surface area (Å²) < 4.78 is 0. The lowest BCUT2D eigenvalue weighted by Gasteiger charge is -2.31. The van der Waals surface area contributed by atoms with Gasteiger partial charge in [-0.3, -0.25) is 9.80 Å². The fourth-order valence-corrected chi connectivity index (χ4v) is 3.93. The van der Waals surface area contributed by atoms with Crippen molar-refractivity contribution in [2.45, 2.75) is 51.2 Å².